The molecule has 2 N–H and O–H groups in total. The van der Waals surface area contributed by atoms with E-state index in [0.717, 1.165) is 0 Å². The Balaban J connectivity index is 2.91. The SMILES string of the molecule is CSc1cc(C(=O)N[C@H](C(=O)O)C(C)C)ccc1F. The number of halogens is 1. The molecule has 104 valence electrons. The van der Waals surface area contributed by atoms with Crippen LogP contribution in [0.15, 0.2) is 23.1 Å². The van der Waals surface area contributed by atoms with Gasteiger partial charge in [-0.2, -0.15) is 0 Å². The summed E-state index contributed by atoms with van der Waals surface area (Å²) in [5.74, 6) is -2.24. The molecule has 0 aliphatic carbocycles. The molecule has 6 heteroatoms. The van der Waals surface area contributed by atoms with Crippen molar-refractivity contribution in [3.63, 3.8) is 0 Å². The van der Waals surface area contributed by atoms with E-state index in [-0.39, 0.29) is 11.5 Å². The van der Waals surface area contributed by atoms with Gasteiger partial charge in [0.05, 0.1) is 0 Å². The summed E-state index contributed by atoms with van der Waals surface area (Å²) in [7, 11) is 0. The first kappa shape index (κ1) is 15.5. The third-order valence-electron chi connectivity index (χ3n) is 2.63. The highest BCUT2D eigenvalue weighted by atomic mass is 32.2. The van der Waals surface area contributed by atoms with E-state index in [1.807, 2.05) is 0 Å². The van der Waals surface area contributed by atoms with Crippen LogP contribution in [0.5, 0.6) is 0 Å². The average Bonchev–Trinajstić information content (AvgIpc) is 2.35. The number of carbonyl (C=O) groups excluding carboxylic acids is 1. The summed E-state index contributed by atoms with van der Waals surface area (Å²) in [4.78, 5) is 23.3. The molecule has 0 saturated heterocycles. The van der Waals surface area contributed by atoms with Crippen LogP contribution in [0.3, 0.4) is 0 Å². The zero-order valence-corrected chi connectivity index (χ0v) is 11.8. The van der Waals surface area contributed by atoms with Crippen LogP contribution >= 0.6 is 11.8 Å². The molecule has 0 fully saturated rings. The monoisotopic (exact) mass is 285 g/mol. The lowest BCUT2D eigenvalue weighted by Gasteiger charge is -2.18. The molecule has 0 aliphatic rings. The van der Waals surface area contributed by atoms with Gasteiger partial charge in [-0.1, -0.05) is 13.8 Å². The van der Waals surface area contributed by atoms with Crippen molar-refractivity contribution < 1.29 is 19.1 Å². The minimum atomic E-state index is -1.09. The minimum absolute atomic E-state index is 0.234. The molecular weight excluding hydrogens is 269 g/mol. The van der Waals surface area contributed by atoms with E-state index < -0.39 is 23.7 Å². The number of hydrogen-bond donors (Lipinski definition) is 2. The van der Waals surface area contributed by atoms with Crippen LogP contribution in [0.2, 0.25) is 0 Å². The highest BCUT2D eigenvalue weighted by Crippen LogP contribution is 2.20. The van der Waals surface area contributed by atoms with E-state index >= 15 is 0 Å². The van der Waals surface area contributed by atoms with Crippen molar-refractivity contribution in [1.82, 2.24) is 5.32 Å². The summed E-state index contributed by atoms with van der Waals surface area (Å²) in [6.45, 7) is 3.41. The predicted molar refractivity (Wildman–Crippen MR) is 71.9 cm³/mol. The first-order chi connectivity index (χ1) is 8.86. The quantitative estimate of drug-likeness (QED) is 0.815. The predicted octanol–water partition coefficient (Wildman–Crippen LogP) is 2.39. The van der Waals surface area contributed by atoms with Gasteiger partial charge in [-0.3, -0.25) is 4.79 Å². The Kier molecular flexibility index (Phi) is 5.35. The first-order valence-electron chi connectivity index (χ1n) is 5.74. The standard InChI is InChI=1S/C13H16FNO3S/c1-7(2)11(13(17)18)15-12(16)8-4-5-9(14)10(6-8)19-3/h4-7,11H,1-3H3,(H,15,16)(H,17,18)/t11-/m0/s1. The number of amides is 1. The Labute approximate surface area is 115 Å². The summed E-state index contributed by atoms with van der Waals surface area (Å²) >= 11 is 1.19. The van der Waals surface area contributed by atoms with E-state index in [0.29, 0.717) is 4.90 Å². The van der Waals surface area contributed by atoms with Crippen molar-refractivity contribution in [3.8, 4) is 0 Å². The third kappa shape index (κ3) is 3.96. The molecule has 0 heterocycles. The maximum atomic E-state index is 13.3. The smallest absolute Gasteiger partial charge is 0.326 e. The Morgan fingerprint density at radius 1 is 1.37 bits per heavy atom. The number of thioether (sulfide) groups is 1. The van der Waals surface area contributed by atoms with Gasteiger partial charge in [0.25, 0.3) is 5.91 Å². The van der Waals surface area contributed by atoms with Crippen LogP contribution in [0.25, 0.3) is 0 Å². The normalized spacial score (nSPS) is 12.3. The van der Waals surface area contributed by atoms with Gasteiger partial charge in [0.2, 0.25) is 0 Å². The van der Waals surface area contributed by atoms with Crippen LogP contribution in [0, 0.1) is 11.7 Å². The molecule has 0 aliphatic heterocycles. The number of carboxylic acid groups (broad SMARTS) is 1. The zero-order valence-electron chi connectivity index (χ0n) is 10.9. The van der Waals surface area contributed by atoms with Crippen molar-refractivity contribution in [2.45, 2.75) is 24.8 Å². The molecule has 0 radical (unpaired) electrons. The second-order valence-electron chi connectivity index (χ2n) is 4.38. The fourth-order valence-corrected chi connectivity index (χ4v) is 2.05. The molecule has 0 saturated carbocycles. The number of carboxylic acids is 1. The lowest BCUT2D eigenvalue weighted by atomic mass is 10.0. The third-order valence-corrected chi connectivity index (χ3v) is 3.39. The summed E-state index contributed by atoms with van der Waals surface area (Å²) in [5, 5.41) is 11.4. The van der Waals surface area contributed by atoms with Crippen LogP contribution in [0.4, 0.5) is 4.39 Å². The minimum Gasteiger partial charge on any atom is -0.480 e. The number of benzene rings is 1. The van der Waals surface area contributed by atoms with E-state index in [1.165, 1.54) is 30.0 Å². The molecule has 1 amide bonds. The Morgan fingerprint density at radius 2 is 2.00 bits per heavy atom. The first-order valence-corrected chi connectivity index (χ1v) is 6.96. The fraction of sp³-hybridized carbons (Fsp3) is 0.385. The molecule has 0 unspecified atom stereocenters. The Hall–Kier alpha value is -1.56. The second-order valence-corrected chi connectivity index (χ2v) is 5.23. The maximum Gasteiger partial charge on any atom is 0.326 e. The summed E-state index contributed by atoms with van der Waals surface area (Å²) in [6.07, 6.45) is 1.70. The lowest BCUT2D eigenvalue weighted by molar-refractivity contribution is -0.140. The Bertz CT molecular complexity index is 491. The van der Waals surface area contributed by atoms with Crippen molar-refractivity contribution in [3.05, 3.63) is 29.6 Å². The Morgan fingerprint density at radius 3 is 2.47 bits per heavy atom. The fourth-order valence-electron chi connectivity index (χ4n) is 1.54. The number of aliphatic carboxylic acids is 1. The van der Waals surface area contributed by atoms with E-state index in [4.69, 9.17) is 5.11 Å². The lowest BCUT2D eigenvalue weighted by Crippen LogP contribution is -2.44. The molecule has 1 atom stereocenters. The molecule has 0 aromatic heterocycles. The topological polar surface area (TPSA) is 66.4 Å². The van der Waals surface area contributed by atoms with Crippen LogP contribution in [-0.4, -0.2) is 29.3 Å². The van der Waals surface area contributed by atoms with Gasteiger partial charge in [0.15, 0.2) is 0 Å². The van der Waals surface area contributed by atoms with Gasteiger partial charge in [-0.15, -0.1) is 11.8 Å². The van der Waals surface area contributed by atoms with Crippen molar-refractivity contribution in [2.24, 2.45) is 5.92 Å². The number of nitrogens with one attached hydrogen (secondary N) is 1. The number of rotatable bonds is 5. The van der Waals surface area contributed by atoms with E-state index in [9.17, 15) is 14.0 Å². The molecular formula is C13H16FNO3S. The molecule has 1 rings (SSSR count). The van der Waals surface area contributed by atoms with E-state index in [2.05, 4.69) is 5.32 Å². The van der Waals surface area contributed by atoms with Gasteiger partial charge in [-0.25, -0.2) is 9.18 Å². The number of carbonyl (C=O) groups is 2. The van der Waals surface area contributed by atoms with Crippen LogP contribution in [0.1, 0.15) is 24.2 Å². The van der Waals surface area contributed by atoms with Crippen molar-refractivity contribution in [1.29, 1.82) is 0 Å². The average molecular weight is 285 g/mol. The summed E-state index contributed by atoms with van der Waals surface area (Å²) in [5.41, 5.74) is 0.248. The van der Waals surface area contributed by atoms with Gasteiger partial charge < -0.3 is 10.4 Å². The molecule has 1 aromatic carbocycles. The number of hydrogen-bond acceptors (Lipinski definition) is 3. The molecule has 1 aromatic rings. The second kappa shape index (κ2) is 6.56. The molecule has 19 heavy (non-hydrogen) atoms. The van der Waals surface area contributed by atoms with Gasteiger partial charge in [0, 0.05) is 10.5 Å². The molecule has 0 bridgehead atoms. The summed E-state index contributed by atoms with van der Waals surface area (Å²) in [6, 6.07) is 2.99. The van der Waals surface area contributed by atoms with Crippen molar-refractivity contribution in [2.75, 3.05) is 6.26 Å². The zero-order chi connectivity index (χ0) is 14.6. The van der Waals surface area contributed by atoms with Gasteiger partial charge >= 0.3 is 5.97 Å². The highest BCUT2D eigenvalue weighted by Gasteiger charge is 2.24. The van der Waals surface area contributed by atoms with Crippen molar-refractivity contribution >= 4 is 23.6 Å². The van der Waals surface area contributed by atoms with Gasteiger partial charge in [0.1, 0.15) is 11.9 Å². The highest BCUT2D eigenvalue weighted by molar-refractivity contribution is 7.98. The van der Waals surface area contributed by atoms with Crippen LogP contribution in [-0.2, 0) is 4.79 Å². The molecule has 4 nitrogen and oxygen atoms in total. The van der Waals surface area contributed by atoms with Gasteiger partial charge in [-0.05, 0) is 30.4 Å². The van der Waals surface area contributed by atoms with E-state index in [1.54, 1.807) is 20.1 Å². The summed E-state index contributed by atoms with van der Waals surface area (Å²) < 4.78 is 13.3. The molecule has 0 spiro atoms. The van der Waals surface area contributed by atoms with Crippen LogP contribution < -0.4 is 5.32 Å². The largest absolute Gasteiger partial charge is 0.480 e. The maximum absolute atomic E-state index is 13.3.